The summed E-state index contributed by atoms with van der Waals surface area (Å²) in [5, 5.41) is 18.8. The second-order valence-corrected chi connectivity index (χ2v) is 7.15. The fourth-order valence-corrected chi connectivity index (χ4v) is 3.15. The number of aromatic nitrogens is 2. The molecule has 0 aliphatic heterocycles. The third kappa shape index (κ3) is 4.15. The Labute approximate surface area is 165 Å². The van der Waals surface area contributed by atoms with Crippen LogP contribution < -0.4 is 0 Å². The van der Waals surface area contributed by atoms with Crippen LogP contribution in [0.3, 0.4) is 0 Å². The van der Waals surface area contributed by atoms with Crippen LogP contribution in [0.4, 0.5) is 0 Å². The summed E-state index contributed by atoms with van der Waals surface area (Å²) in [6.07, 6.45) is -0.434. The topological polar surface area (TPSA) is 59.2 Å². The molecule has 5 heteroatoms. The maximum atomic E-state index is 10.7. The Morgan fingerprint density at radius 3 is 2.37 bits per heavy atom. The molecule has 3 aromatic carbocycles. The van der Waals surface area contributed by atoms with Gasteiger partial charge in [0.25, 0.3) is 0 Å². The second-order valence-electron chi connectivity index (χ2n) is 6.23. The van der Waals surface area contributed by atoms with Crippen LogP contribution in [0.1, 0.15) is 29.0 Å². The molecule has 4 aromatic rings. The molecule has 0 aliphatic carbocycles. The van der Waals surface area contributed by atoms with Crippen molar-refractivity contribution in [1.82, 2.24) is 10.2 Å². The lowest BCUT2D eigenvalue weighted by Crippen LogP contribution is -2.00. The van der Waals surface area contributed by atoms with Gasteiger partial charge in [0.1, 0.15) is 0 Å². The minimum atomic E-state index is -0.958. The average Bonchev–Trinajstić information content (AvgIpc) is 3.18. The minimum absolute atomic E-state index is 0.201. The summed E-state index contributed by atoms with van der Waals surface area (Å²) in [7, 11) is 0. The van der Waals surface area contributed by atoms with Crippen LogP contribution in [0.15, 0.2) is 87.8 Å². The number of hydrogen-bond donors (Lipinski definition) is 1. The van der Waals surface area contributed by atoms with E-state index in [-0.39, 0.29) is 5.89 Å². The Morgan fingerprint density at radius 1 is 0.852 bits per heavy atom. The summed E-state index contributed by atoms with van der Waals surface area (Å²) in [5.41, 5.74) is 3.90. The maximum absolute atomic E-state index is 10.7. The molecule has 1 atom stereocenters. The fourth-order valence-electron chi connectivity index (χ4n) is 2.89. The van der Waals surface area contributed by atoms with Gasteiger partial charge in [0.05, 0.1) is 6.42 Å². The van der Waals surface area contributed by atoms with E-state index in [0.717, 1.165) is 26.7 Å². The van der Waals surface area contributed by atoms with Crippen molar-refractivity contribution in [2.24, 2.45) is 0 Å². The van der Waals surface area contributed by atoms with E-state index in [2.05, 4.69) is 26.1 Å². The molecule has 1 aromatic heterocycles. The number of nitrogens with zero attached hydrogens (tertiary/aromatic N) is 2. The van der Waals surface area contributed by atoms with Gasteiger partial charge >= 0.3 is 0 Å². The maximum Gasteiger partial charge on any atom is 0.249 e. The van der Waals surface area contributed by atoms with E-state index < -0.39 is 6.10 Å². The van der Waals surface area contributed by atoms with Gasteiger partial charge in [0.15, 0.2) is 6.10 Å². The van der Waals surface area contributed by atoms with Crippen LogP contribution in [0, 0.1) is 0 Å². The van der Waals surface area contributed by atoms with E-state index in [1.54, 1.807) is 0 Å². The Kier molecular flexibility index (Phi) is 5.14. The van der Waals surface area contributed by atoms with Crippen molar-refractivity contribution in [1.29, 1.82) is 0 Å². The van der Waals surface area contributed by atoms with Gasteiger partial charge in [0.2, 0.25) is 11.8 Å². The first-order valence-electron chi connectivity index (χ1n) is 8.59. The summed E-state index contributed by atoms with van der Waals surface area (Å²) >= 11 is 3.42. The van der Waals surface area contributed by atoms with Crippen LogP contribution in [0.5, 0.6) is 0 Å². The monoisotopic (exact) mass is 420 g/mol. The van der Waals surface area contributed by atoms with Crippen LogP contribution in [0.2, 0.25) is 0 Å². The number of aliphatic hydroxyl groups excluding tert-OH is 1. The Morgan fingerprint density at radius 2 is 1.59 bits per heavy atom. The predicted octanol–water partition coefficient (Wildman–Crippen LogP) is 5.17. The third-order valence-electron chi connectivity index (χ3n) is 4.29. The van der Waals surface area contributed by atoms with Crippen LogP contribution in [-0.2, 0) is 6.42 Å². The number of hydrogen-bond acceptors (Lipinski definition) is 4. The molecule has 0 radical (unpaired) electrons. The Bertz CT molecular complexity index is 1030. The quantitative estimate of drug-likeness (QED) is 0.483. The standard InChI is InChI=1S/C22H17BrN2O2/c23-19-11-9-15(10-12-19)13-20-24-25-22(27-20)21(26)18-8-4-7-17(14-18)16-5-2-1-3-6-16/h1-12,14,21,26H,13H2. The van der Waals surface area contributed by atoms with Crippen molar-refractivity contribution < 1.29 is 9.52 Å². The first-order valence-corrected chi connectivity index (χ1v) is 9.38. The highest BCUT2D eigenvalue weighted by Gasteiger charge is 2.18. The highest BCUT2D eigenvalue weighted by molar-refractivity contribution is 9.10. The van der Waals surface area contributed by atoms with Crippen LogP contribution in [0.25, 0.3) is 11.1 Å². The van der Waals surface area contributed by atoms with Crippen molar-refractivity contribution in [2.45, 2.75) is 12.5 Å². The molecule has 0 spiro atoms. The molecule has 0 bridgehead atoms. The zero-order chi connectivity index (χ0) is 18.6. The Hall–Kier alpha value is -2.76. The van der Waals surface area contributed by atoms with Crippen molar-refractivity contribution in [2.75, 3.05) is 0 Å². The highest BCUT2D eigenvalue weighted by Crippen LogP contribution is 2.26. The molecule has 0 saturated heterocycles. The number of aliphatic hydroxyl groups is 1. The van der Waals surface area contributed by atoms with Crippen LogP contribution >= 0.6 is 15.9 Å². The lowest BCUT2D eigenvalue weighted by Gasteiger charge is -2.09. The third-order valence-corrected chi connectivity index (χ3v) is 4.82. The molecule has 4 nitrogen and oxygen atoms in total. The summed E-state index contributed by atoms with van der Waals surface area (Å²) in [6.45, 7) is 0. The zero-order valence-corrected chi connectivity index (χ0v) is 16.0. The minimum Gasteiger partial charge on any atom is -0.422 e. The molecule has 0 fully saturated rings. The summed E-state index contributed by atoms with van der Waals surface area (Å²) in [6, 6.07) is 25.7. The zero-order valence-electron chi connectivity index (χ0n) is 14.4. The molecule has 134 valence electrons. The molecule has 0 saturated carbocycles. The molecular weight excluding hydrogens is 404 g/mol. The molecular formula is C22H17BrN2O2. The Balaban J connectivity index is 1.54. The first-order chi connectivity index (χ1) is 13.2. The molecule has 1 heterocycles. The predicted molar refractivity (Wildman–Crippen MR) is 107 cm³/mol. The second kappa shape index (κ2) is 7.86. The lowest BCUT2D eigenvalue weighted by molar-refractivity contribution is 0.180. The number of halogens is 1. The lowest BCUT2D eigenvalue weighted by atomic mass is 10.0. The largest absolute Gasteiger partial charge is 0.422 e. The highest BCUT2D eigenvalue weighted by atomic mass is 79.9. The fraction of sp³-hybridized carbons (Fsp3) is 0.0909. The van der Waals surface area contributed by atoms with E-state index in [0.29, 0.717) is 12.3 Å². The van der Waals surface area contributed by atoms with Gasteiger partial charge < -0.3 is 9.52 Å². The van der Waals surface area contributed by atoms with Crippen molar-refractivity contribution in [3.05, 3.63) is 106 Å². The van der Waals surface area contributed by atoms with Crippen LogP contribution in [-0.4, -0.2) is 15.3 Å². The van der Waals surface area contributed by atoms with Gasteiger partial charge in [-0.25, -0.2) is 0 Å². The van der Waals surface area contributed by atoms with Gasteiger partial charge in [-0.05, 0) is 40.5 Å². The normalized spacial score (nSPS) is 12.1. The van der Waals surface area contributed by atoms with Gasteiger partial charge in [-0.1, -0.05) is 76.6 Å². The van der Waals surface area contributed by atoms with Crippen molar-refractivity contribution >= 4 is 15.9 Å². The van der Waals surface area contributed by atoms with E-state index in [4.69, 9.17) is 4.42 Å². The molecule has 27 heavy (non-hydrogen) atoms. The molecule has 0 amide bonds. The SMILES string of the molecule is OC(c1cccc(-c2ccccc2)c1)c1nnc(Cc2ccc(Br)cc2)o1. The van der Waals surface area contributed by atoms with E-state index in [9.17, 15) is 5.11 Å². The number of rotatable bonds is 5. The average molecular weight is 421 g/mol. The molecule has 0 aliphatic rings. The molecule has 4 rings (SSSR count). The van der Waals surface area contributed by atoms with Gasteiger partial charge in [0, 0.05) is 4.47 Å². The first kappa shape index (κ1) is 17.6. The summed E-state index contributed by atoms with van der Waals surface area (Å²) in [4.78, 5) is 0. The van der Waals surface area contributed by atoms with E-state index in [1.165, 1.54) is 0 Å². The van der Waals surface area contributed by atoms with Crippen molar-refractivity contribution in [3.8, 4) is 11.1 Å². The smallest absolute Gasteiger partial charge is 0.249 e. The summed E-state index contributed by atoms with van der Waals surface area (Å²) in [5.74, 6) is 0.679. The molecule has 1 N–H and O–H groups in total. The van der Waals surface area contributed by atoms with Gasteiger partial charge in [-0.2, -0.15) is 0 Å². The van der Waals surface area contributed by atoms with Crippen molar-refractivity contribution in [3.63, 3.8) is 0 Å². The number of benzene rings is 3. The van der Waals surface area contributed by atoms with Gasteiger partial charge in [-0.15, -0.1) is 10.2 Å². The molecule has 1 unspecified atom stereocenters. The van der Waals surface area contributed by atoms with Gasteiger partial charge in [-0.3, -0.25) is 0 Å². The van der Waals surface area contributed by atoms with E-state index in [1.807, 2.05) is 78.9 Å². The summed E-state index contributed by atoms with van der Waals surface area (Å²) < 4.78 is 6.72. The van der Waals surface area contributed by atoms with E-state index >= 15 is 0 Å².